The zero-order chi connectivity index (χ0) is 13.2. The highest BCUT2D eigenvalue weighted by Gasteiger charge is 2.46. The van der Waals surface area contributed by atoms with E-state index in [-0.39, 0.29) is 17.8 Å². The van der Waals surface area contributed by atoms with Crippen LogP contribution in [0.15, 0.2) is 0 Å². The number of ether oxygens (including phenoxy) is 1. The molecule has 2 atom stereocenters. The van der Waals surface area contributed by atoms with Crippen molar-refractivity contribution in [1.29, 1.82) is 0 Å². The lowest BCUT2D eigenvalue weighted by Gasteiger charge is -2.31. The van der Waals surface area contributed by atoms with Gasteiger partial charge in [0.2, 0.25) is 5.91 Å². The van der Waals surface area contributed by atoms with E-state index in [0.717, 1.165) is 32.1 Å². The zero-order valence-electron chi connectivity index (χ0n) is 11.3. The maximum atomic E-state index is 12.1. The van der Waals surface area contributed by atoms with Crippen molar-refractivity contribution in [2.45, 2.75) is 57.4 Å². The SMILES string of the molecule is COC(=O)C1(NC(=O)[C@H]2C[C@@H]2C)CCCCCC1. The molecule has 0 bridgehead atoms. The lowest BCUT2D eigenvalue weighted by molar-refractivity contribution is -0.152. The van der Waals surface area contributed by atoms with E-state index >= 15 is 0 Å². The number of nitrogens with one attached hydrogen (secondary N) is 1. The summed E-state index contributed by atoms with van der Waals surface area (Å²) in [5, 5.41) is 3.00. The van der Waals surface area contributed by atoms with Gasteiger partial charge in [-0.3, -0.25) is 4.79 Å². The van der Waals surface area contributed by atoms with E-state index in [9.17, 15) is 9.59 Å². The van der Waals surface area contributed by atoms with Crippen molar-refractivity contribution in [3.8, 4) is 0 Å². The lowest BCUT2D eigenvalue weighted by Crippen LogP contribution is -2.55. The molecule has 2 fully saturated rings. The van der Waals surface area contributed by atoms with E-state index in [2.05, 4.69) is 12.2 Å². The molecule has 0 unspecified atom stereocenters. The fourth-order valence-electron chi connectivity index (χ4n) is 2.92. The number of carbonyl (C=O) groups excluding carboxylic acids is 2. The first-order chi connectivity index (χ1) is 8.59. The average Bonchev–Trinajstić information content (AvgIpc) is 3.12. The van der Waals surface area contributed by atoms with Gasteiger partial charge in [-0.05, 0) is 25.2 Å². The average molecular weight is 253 g/mol. The van der Waals surface area contributed by atoms with Crippen molar-refractivity contribution < 1.29 is 14.3 Å². The molecule has 0 saturated heterocycles. The van der Waals surface area contributed by atoms with E-state index in [1.807, 2.05) is 0 Å². The number of esters is 1. The minimum absolute atomic E-state index is 0.0369. The second-order valence-corrected chi connectivity index (χ2v) is 5.80. The Bertz CT molecular complexity index is 332. The summed E-state index contributed by atoms with van der Waals surface area (Å²) in [4.78, 5) is 24.2. The first-order valence-corrected chi connectivity index (χ1v) is 6.99. The maximum absolute atomic E-state index is 12.1. The predicted octanol–water partition coefficient (Wildman–Crippen LogP) is 2.02. The van der Waals surface area contributed by atoms with Crippen LogP contribution in [0.25, 0.3) is 0 Å². The molecule has 18 heavy (non-hydrogen) atoms. The Hall–Kier alpha value is -1.06. The molecule has 4 heteroatoms. The van der Waals surface area contributed by atoms with Crippen molar-refractivity contribution >= 4 is 11.9 Å². The van der Waals surface area contributed by atoms with Crippen LogP contribution in [-0.4, -0.2) is 24.5 Å². The molecular formula is C14H23NO3. The van der Waals surface area contributed by atoms with Crippen LogP contribution in [0.1, 0.15) is 51.9 Å². The molecule has 1 amide bonds. The van der Waals surface area contributed by atoms with Gasteiger partial charge in [0, 0.05) is 5.92 Å². The molecule has 0 aromatic heterocycles. The third-order valence-corrected chi connectivity index (χ3v) is 4.34. The van der Waals surface area contributed by atoms with E-state index in [4.69, 9.17) is 4.74 Å². The molecule has 2 saturated carbocycles. The Labute approximate surface area is 108 Å². The van der Waals surface area contributed by atoms with Crippen molar-refractivity contribution in [3.05, 3.63) is 0 Å². The largest absolute Gasteiger partial charge is 0.467 e. The van der Waals surface area contributed by atoms with Crippen molar-refractivity contribution in [1.82, 2.24) is 5.32 Å². The van der Waals surface area contributed by atoms with Gasteiger partial charge in [0.25, 0.3) is 0 Å². The summed E-state index contributed by atoms with van der Waals surface area (Å²) >= 11 is 0. The van der Waals surface area contributed by atoms with Gasteiger partial charge < -0.3 is 10.1 Å². The molecule has 0 aromatic rings. The minimum Gasteiger partial charge on any atom is -0.467 e. The molecule has 2 aliphatic carbocycles. The molecule has 0 radical (unpaired) electrons. The second kappa shape index (κ2) is 5.29. The summed E-state index contributed by atoms with van der Waals surface area (Å²) < 4.78 is 4.92. The normalized spacial score (nSPS) is 30.1. The van der Waals surface area contributed by atoms with Crippen molar-refractivity contribution in [2.75, 3.05) is 7.11 Å². The first kappa shape index (κ1) is 13.4. The second-order valence-electron chi connectivity index (χ2n) is 5.80. The number of hydrogen-bond acceptors (Lipinski definition) is 3. The van der Waals surface area contributed by atoms with Gasteiger partial charge >= 0.3 is 5.97 Å². The molecule has 1 N–H and O–H groups in total. The van der Waals surface area contributed by atoms with E-state index in [1.54, 1.807) is 0 Å². The Kier molecular flexibility index (Phi) is 3.93. The third kappa shape index (κ3) is 2.68. The Morgan fingerprint density at radius 3 is 2.17 bits per heavy atom. The van der Waals surface area contributed by atoms with E-state index in [1.165, 1.54) is 7.11 Å². The summed E-state index contributed by atoms with van der Waals surface area (Å²) in [6, 6.07) is 0. The Balaban J connectivity index is 2.08. The van der Waals surface area contributed by atoms with Gasteiger partial charge in [0.15, 0.2) is 0 Å². The monoisotopic (exact) mass is 253 g/mol. The third-order valence-electron chi connectivity index (χ3n) is 4.34. The van der Waals surface area contributed by atoms with Gasteiger partial charge in [-0.15, -0.1) is 0 Å². The van der Waals surface area contributed by atoms with Crippen LogP contribution in [0, 0.1) is 11.8 Å². The number of amides is 1. The first-order valence-electron chi connectivity index (χ1n) is 6.99. The molecule has 0 spiro atoms. The highest BCUT2D eigenvalue weighted by molar-refractivity contribution is 5.90. The number of hydrogen-bond donors (Lipinski definition) is 1. The molecule has 102 valence electrons. The predicted molar refractivity (Wildman–Crippen MR) is 67.9 cm³/mol. The molecule has 2 aliphatic rings. The molecule has 0 aromatic carbocycles. The van der Waals surface area contributed by atoms with Gasteiger partial charge in [-0.25, -0.2) is 4.79 Å². The summed E-state index contributed by atoms with van der Waals surface area (Å²) in [5.74, 6) is 0.334. The summed E-state index contributed by atoms with van der Waals surface area (Å²) in [6.07, 6.45) is 6.61. The minimum atomic E-state index is -0.759. The van der Waals surface area contributed by atoms with Crippen LogP contribution in [0.3, 0.4) is 0 Å². The highest BCUT2D eigenvalue weighted by Crippen LogP contribution is 2.39. The molecule has 2 rings (SSSR count). The summed E-state index contributed by atoms with van der Waals surface area (Å²) in [7, 11) is 1.40. The van der Waals surface area contributed by atoms with Gasteiger partial charge in [-0.2, -0.15) is 0 Å². The van der Waals surface area contributed by atoms with Crippen LogP contribution < -0.4 is 5.32 Å². The highest BCUT2D eigenvalue weighted by atomic mass is 16.5. The summed E-state index contributed by atoms with van der Waals surface area (Å²) in [5.41, 5.74) is -0.759. The Morgan fingerprint density at radius 2 is 1.72 bits per heavy atom. The lowest BCUT2D eigenvalue weighted by atomic mass is 9.89. The van der Waals surface area contributed by atoms with Crippen LogP contribution in [0.2, 0.25) is 0 Å². The summed E-state index contributed by atoms with van der Waals surface area (Å²) in [6.45, 7) is 2.07. The molecule has 0 aliphatic heterocycles. The van der Waals surface area contributed by atoms with Gasteiger partial charge in [0.05, 0.1) is 7.11 Å². The van der Waals surface area contributed by atoms with Gasteiger partial charge in [0.1, 0.15) is 5.54 Å². The van der Waals surface area contributed by atoms with Crippen LogP contribution in [-0.2, 0) is 14.3 Å². The molecule has 4 nitrogen and oxygen atoms in total. The fraction of sp³-hybridized carbons (Fsp3) is 0.857. The van der Waals surface area contributed by atoms with Crippen LogP contribution in [0.5, 0.6) is 0 Å². The molecular weight excluding hydrogens is 230 g/mol. The molecule has 0 heterocycles. The van der Waals surface area contributed by atoms with Crippen LogP contribution >= 0.6 is 0 Å². The van der Waals surface area contributed by atoms with E-state index in [0.29, 0.717) is 18.8 Å². The van der Waals surface area contributed by atoms with Crippen molar-refractivity contribution in [2.24, 2.45) is 11.8 Å². The Morgan fingerprint density at radius 1 is 1.17 bits per heavy atom. The topological polar surface area (TPSA) is 55.4 Å². The maximum Gasteiger partial charge on any atom is 0.331 e. The number of methoxy groups -OCH3 is 1. The number of rotatable bonds is 3. The fourth-order valence-corrected chi connectivity index (χ4v) is 2.92. The van der Waals surface area contributed by atoms with E-state index < -0.39 is 5.54 Å². The smallest absolute Gasteiger partial charge is 0.331 e. The zero-order valence-corrected chi connectivity index (χ0v) is 11.3. The number of carbonyl (C=O) groups is 2. The van der Waals surface area contributed by atoms with Gasteiger partial charge in [-0.1, -0.05) is 32.6 Å². The van der Waals surface area contributed by atoms with Crippen LogP contribution in [0.4, 0.5) is 0 Å². The van der Waals surface area contributed by atoms with Crippen molar-refractivity contribution in [3.63, 3.8) is 0 Å². The quantitative estimate of drug-likeness (QED) is 0.618. The standard InChI is InChI=1S/C14H23NO3/c1-10-9-11(10)12(16)15-14(13(17)18-2)7-5-3-4-6-8-14/h10-11H,3-9H2,1-2H3,(H,15,16)/t10-,11-/m0/s1.